The average molecular weight is 275 g/mol. The van der Waals surface area contributed by atoms with E-state index in [9.17, 15) is 13.6 Å². The minimum absolute atomic E-state index is 0.0727. The van der Waals surface area contributed by atoms with Gasteiger partial charge in [0.05, 0.1) is 5.37 Å². The van der Waals surface area contributed by atoms with Gasteiger partial charge >= 0.3 is 12.6 Å². The van der Waals surface area contributed by atoms with Crippen LogP contribution in [0.1, 0.15) is 10.9 Å². The summed E-state index contributed by atoms with van der Waals surface area (Å²) in [6.45, 7) is -2.90. The van der Waals surface area contributed by atoms with Crippen molar-refractivity contribution in [3.8, 4) is 5.75 Å². The largest absolute Gasteiger partial charge is 0.480 e. The Labute approximate surface area is 106 Å². The molecule has 0 spiro atoms. The van der Waals surface area contributed by atoms with E-state index in [1.807, 2.05) is 0 Å². The first-order valence-electron chi connectivity index (χ1n) is 5.22. The van der Waals surface area contributed by atoms with Gasteiger partial charge < -0.3 is 9.84 Å². The van der Waals surface area contributed by atoms with Crippen molar-refractivity contribution in [3.63, 3.8) is 0 Å². The Kier molecular flexibility index (Phi) is 4.03. The van der Waals surface area contributed by atoms with Crippen molar-refractivity contribution < 1.29 is 23.4 Å². The molecule has 98 valence electrons. The number of carboxylic acid groups (broad SMARTS) is 1. The van der Waals surface area contributed by atoms with E-state index in [4.69, 9.17) is 5.11 Å². The van der Waals surface area contributed by atoms with Crippen molar-refractivity contribution in [2.45, 2.75) is 18.0 Å². The molecule has 1 aliphatic heterocycles. The molecule has 1 aromatic carbocycles. The van der Waals surface area contributed by atoms with Crippen LogP contribution in [0.15, 0.2) is 24.3 Å². The molecule has 0 amide bonds. The van der Waals surface area contributed by atoms with Crippen LogP contribution in [-0.2, 0) is 4.79 Å². The summed E-state index contributed by atoms with van der Waals surface area (Å²) in [6.07, 6.45) is 0. The van der Waals surface area contributed by atoms with Gasteiger partial charge in [0.2, 0.25) is 0 Å². The zero-order valence-corrected chi connectivity index (χ0v) is 9.99. The predicted octanol–water partition coefficient (Wildman–Crippen LogP) is 2.08. The molecule has 0 saturated carbocycles. The van der Waals surface area contributed by atoms with Crippen LogP contribution in [0.3, 0.4) is 0 Å². The molecule has 0 radical (unpaired) electrons. The Bertz CT molecular complexity index is 444. The first-order chi connectivity index (χ1) is 8.58. The van der Waals surface area contributed by atoms with E-state index in [-0.39, 0.29) is 11.1 Å². The van der Waals surface area contributed by atoms with E-state index in [2.05, 4.69) is 10.1 Å². The van der Waals surface area contributed by atoms with Gasteiger partial charge in [0.25, 0.3) is 0 Å². The Hall–Kier alpha value is -1.34. The van der Waals surface area contributed by atoms with Gasteiger partial charge in [0, 0.05) is 11.3 Å². The molecule has 18 heavy (non-hydrogen) atoms. The van der Waals surface area contributed by atoms with Crippen LogP contribution in [0.2, 0.25) is 0 Å². The van der Waals surface area contributed by atoms with E-state index in [1.54, 1.807) is 18.2 Å². The maximum Gasteiger partial charge on any atom is 0.387 e. The zero-order chi connectivity index (χ0) is 13.1. The minimum atomic E-state index is -2.90. The number of thioether (sulfide) groups is 1. The lowest BCUT2D eigenvalue weighted by Crippen LogP contribution is -2.33. The number of hydrogen-bond donors (Lipinski definition) is 2. The normalized spacial score (nSPS) is 23.3. The van der Waals surface area contributed by atoms with Crippen LogP contribution >= 0.6 is 11.8 Å². The minimum Gasteiger partial charge on any atom is -0.480 e. The fourth-order valence-electron chi connectivity index (χ4n) is 1.69. The van der Waals surface area contributed by atoms with Crippen molar-refractivity contribution in [1.82, 2.24) is 5.32 Å². The monoisotopic (exact) mass is 275 g/mol. The number of carbonyl (C=O) groups is 1. The first-order valence-corrected chi connectivity index (χ1v) is 6.27. The van der Waals surface area contributed by atoms with Crippen molar-refractivity contribution in [2.75, 3.05) is 5.75 Å². The number of hydrogen-bond acceptors (Lipinski definition) is 4. The lowest BCUT2D eigenvalue weighted by molar-refractivity contribution is -0.138. The van der Waals surface area contributed by atoms with Gasteiger partial charge in [0.1, 0.15) is 11.8 Å². The number of benzene rings is 1. The highest BCUT2D eigenvalue weighted by atomic mass is 32.2. The molecule has 1 unspecified atom stereocenters. The number of halogens is 2. The number of nitrogens with one attached hydrogen (secondary N) is 1. The molecule has 1 fully saturated rings. The van der Waals surface area contributed by atoms with Gasteiger partial charge in [-0.15, -0.1) is 11.8 Å². The van der Waals surface area contributed by atoms with E-state index < -0.39 is 18.6 Å². The van der Waals surface area contributed by atoms with Gasteiger partial charge in [-0.3, -0.25) is 10.1 Å². The van der Waals surface area contributed by atoms with Crippen LogP contribution in [0, 0.1) is 0 Å². The molecule has 1 saturated heterocycles. The zero-order valence-electron chi connectivity index (χ0n) is 9.18. The highest BCUT2D eigenvalue weighted by Gasteiger charge is 2.32. The van der Waals surface area contributed by atoms with Gasteiger partial charge in [0.15, 0.2) is 0 Å². The molecule has 2 rings (SSSR count). The smallest absolute Gasteiger partial charge is 0.387 e. The van der Waals surface area contributed by atoms with Crippen LogP contribution in [-0.4, -0.2) is 29.5 Å². The van der Waals surface area contributed by atoms with Gasteiger partial charge in [-0.1, -0.05) is 18.2 Å². The third-order valence-electron chi connectivity index (χ3n) is 2.50. The summed E-state index contributed by atoms with van der Waals surface area (Å²) in [5.41, 5.74) is 0.534. The summed E-state index contributed by atoms with van der Waals surface area (Å²) in [5.74, 6) is -0.482. The van der Waals surface area contributed by atoms with Crippen LogP contribution in [0.4, 0.5) is 8.78 Å². The molecule has 0 aliphatic carbocycles. The van der Waals surface area contributed by atoms with Gasteiger partial charge in [-0.25, -0.2) is 0 Å². The van der Waals surface area contributed by atoms with Crippen LogP contribution in [0.25, 0.3) is 0 Å². The fraction of sp³-hybridized carbons (Fsp3) is 0.364. The molecule has 0 bridgehead atoms. The molecular formula is C11H11F2NO3S. The van der Waals surface area contributed by atoms with Crippen molar-refractivity contribution in [3.05, 3.63) is 29.8 Å². The second kappa shape index (κ2) is 5.53. The number of aliphatic carboxylic acids is 1. The summed E-state index contributed by atoms with van der Waals surface area (Å²) < 4.78 is 28.9. The SMILES string of the molecule is O=C(O)[C@H]1CSC(c2ccccc2OC(F)F)N1. The first kappa shape index (κ1) is 13.1. The summed E-state index contributed by atoms with van der Waals surface area (Å²) in [4.78, 5) is 10.8. The van der Waals surface area contributed by atoms with Gasteiger partial charge in [-0.2, -0.15) is 8.78 Å². The molecular weight excluding hydrogens is 264 g/mol. The number of alkyl halides is 2. The Balaban J connectivity index is 2.16. The molecule has 1 aliphatic rings. The second-order valence-electron chi connectivity index (χ2n) is 3.69. The fourth-order valence-corrected chi connectivity index (χ4v) is 2.95. The molecule has 0 aromatic heterocycles. The van der Waals surface area contributed by atoms with E-state index >= 15 is 0 Å². The topological polar surface area (TPSA) is 58.6 Å². The molecule has 1 heterocycles. The maximum absolute atomic E-state index is 12.2. The Morgan fingerprint density at radius 1 is 1.50 bits per heavy atom. The molecule has 1 aromatic rings. The standard InChI is InChI=1S/C11H11F2NO3S/c12-11(13)17-8-4-2-1-3-6(8)9-14-7(5-18-9)10(15)16/h1-4,7,9,11,14H,5H2,(H,15,16)/t7-,9?/m1/s1. The van der Waals surface area contributed by atoms with E-state index in [0.29, 0.717) is 11.3 Å². The summed E-state index contributed by atoms with van der Waals surface area (Å²) in [7, 11) is 0. The van der Waals surface area contributed by atoms with E-state index in [1.165, 1.54) is 17.8 Å². The third-order valence-corrected chi connectivity index (χ3v) is 3.75. The highest BCUT2D eigenvalue weighted by Crippen LogP contribution is 2.37. The summed E-state index contributed by atoms with van der Waals surface area (Å²) in [5, 5.41) is 11.4. The van der Waals surface area contributed by atoms with Crippen LogP contribution in [0.5, 0.6) is 5.75 Å². The molecule has 4 nitrogen and oxygen atoms in total. The third kappa shape index (κ3) is 2.91. The second-order valence-corrected chi connectivity index (χ2v) is 4.83. The van der Waals surface area contributed by atoms with Crippen molar-refractivity contribution in [2.24, 2.45) is 0 Å². The molecule has 2 atom stereocenters. The number of carboxylic acids is 1. The summed E-state index contributed by atoms with van der Waals surface area (Å²) >= 11 is 1.36. The highest BCUT2D eigenvalue weighted by molar-refractivity contribution is 7.99. The Morgan fingerprint density at radius 3 is 2.83 bits per heavy atom. The van der Waals surface area contributed by atoms with Crippen molar-refractivity contribution >= 4 is 17.7 Å². The number of rotatable bonds is 4. The van der Waals surface area contributed by atoms with Crippen LogP contribution < -0.4 is 10.1 Å². The maximum atomic E-state index is 12.2. The van der Waals surface area contributed by atoms with Gasteiger partial charge in [-0.05, 0) is 6.07 Å². The van der Waals surface area contributed by atoms with E-state index in [0.717, 1.165) is 0 Å². The molecule has 7 heteroatoms. The number of para-hydroxylation sites is 1. The average Bonchev–Trinajstić information content (AvgIpc) is 2.78. The lowest BCUT2D eigenvalue weighted by Gasteiger charge is -2.15. The quantitative estimate of drug-likeness (QED) is 0.881. The summed E-state index contributed by atoms with van der Waals surface area (Å²) in [6, 6.07) is 5.71. The predicted molar refractivity (Wildman–Crippen MR) is 62.8 cm³/mol. The molecule has 2 N–H and O–H groups in total. The van der Waals surface area contributed by atoms with Crippen molar-refractivity contribution in [1.29, 1.82) is 0 Å². The number of ether oxygens (including phenoxy) is 1. The lowest BCUT2D eigenvalue weighted by atomic mass is 10.2. The Morgan fingerprint density at radius 2 is 2.22 bits per heavy atom.